The monoisotopic (exact) mass is 301 g/mol. The second kappa shape index (κ2) is 7.12. The molecule has 0 bridgehead atoms. The van der Waals surface area contributed by atoms with Crippen molar-refractivity contribution < 1.29 is 24.5 Å². The van der Waals surface area contributed by atoms with Crippen LogP contribution < -0.4 is 10.1 Å². The molecule has 0 aromatic heterocycles. The Hall–Kier alpha value is -1.79. The molecule has 0 spiro atoms. The first-order valence-electron chi connectivity index (χ1n) is 5.90. The highest BCUT2D eigenvalue weighted by Crippen LogP contribution is 2.20. The van der Waals surface area contributed by atoms with Gasteiger partial charge in [-0.15, -0.1) is 0 Å². The van der Waals surface area contributed by atoms with E-state index in [0.29, 0.717) is 10.8 Å². The number of benzene rings is 1. The molecule has 1 aromatic carbocycles. The lowest BCUT2D eigenvalue weighted by atomic mass is 10.2. The number of ether oxygens (including phenoxy) is 1. The largest absolute Gasteiger partial charge is 0.484 e. The predicted octanol–water partition coefficient (Wildman–Crippen LogP) is 0.977. The molecule has 20 heavy (non-hydrogen) atoms. The van der Waals surface area contributed by atoms with Crippen molar-refractivity contribution in [2.75, 3.05) is 6.61 Å². The maximum absolute atomic E-state index is 11.6. The maximum atomic E-state index is 11.6. The summed E-state index contributed by atoms with van der Waals surface area (Å²) in [6, 6.07) is 3.54. The van der Waals surface area contributed by atoms with Gasteiger partial charge >= 0.3 is 5.97 Å². The number of hydrogen-bond acceptors (Lipinski definition) is 4. The fourth-order valence-corrected chi connectivity index (χ4v) is 1.58. The van der Waals surface area contributed by atoms with Crippen molar-refractivity contribution in [3.63, 3.8) is 0 Å². The summed E-state index contributed by atoms with van der Waals surface area (Å²) in [5.74, 6) is -1.49. The first-order chi connectivity index (χ1) is 9.31. The molecule has 0 unspecified atom stereocenters. The average Bonchev–Trinajstić information content (AvgIpc) is 2.36. The molecule has 0 saturated heterocycles. The molecule has 0 fully saturated rings. The first-order valence-corrected chi connectivity index (χ1v) is 6.28. The Morgan fingerprint density at radius 3 is 2.60 bits per heavy atom. The third-order valence-corrected chi connectivity index (χ3v) is 2.99. The summed E-state index contributed by atoms with van der Waals surface area (Å²) in [5, 5.41) is 20.8. The molecule has 7 heteroatoms. The molecule has 3 N–H and O–H groups in total. The van der Waals surface area contributed by atoms with Gasteiger partial charge in [0.2, 0.25) is 0 Å². The van der Waals surface area contributed by atoms with Crippen molar-refractivity contribution in [1.82, 2.24) is 5.32 Å². The van der Waals surface area contributed by atoms with E-state index >= 15 is 0 Å². The van der Waals surface area contributed by atoms with Crippen LogP contribution in [0.2, 0.25) is 5.02 Å². The Kier molecular flexibility index (Phi) is 5.79. The number of carboxylic acids is 1. The number of aliphatic carboxylic acids is 1. The van der Waals surface area contributed by atoms with Crippen LogP contribution in [-0.4, -0.2) is 40.8 Å². The van der Waals surface area contributed by atoms with Gasteiger partial charge in [-0.1, -0.05) is 11.6 Å². The zero-order valence-electron chi connectivity index (χ0n) is 11.1. The van der Waals surface area contributed by atoms with Gasteiger partial charge in [0.1, 0.15) is 5.75 Å². The second-order valence-corrected chi connectivity index (χ2v) is 4.73. The molecule has 1 rings (SSSR count). The molecule has 6 nitrogen and oxygen atoms in total. The van der Waals surface area contributed by atoms with Gasteiger partial charge in [-0.3, -0.25) is 4.79 Å². The normalized spacial score (nSPS) is 13.4. The number of amides is 1. The summed E-state index contributed by atoms with van der Waals surface area (Å²) in [4.78, 5) is 22.4. The minimum atomic E-state index is -1.36. The first kappa shape index (κ1) is 16.3. The molecular formula is C13H16ClNO5. The Bertz CT molecular complexity index is 504. The minimum absolute atomic E-state index is 0.350. The summed E-state index contributed by atoms with van der Waals surface area (Å²) in [6.07, 6.45) is -1.20. The van der Waals surface area contributed by atoms with Crippen LogP contribution in [0.25, 0.3) is 0 Å². The summed E-state index contributed by atoms with van der Waals surface area (Å²) >= 11 is 5.85. The standard InChI is InChI=1S/C13H16ClNO5/c1-7-5-9(3-4-10(7)14)20-6-11(17)15-12(8(2)16)13(18)19/h3-5,8,12,16H,6H2,1-2H3,(H,15,17)(H,18,19)/t8-,12+/m1/s1. The summed E-state index contributed by atoms with van der Waals surface area (Å²) < 4.78 is 5.22. The van der Waals surface area contributed by atoms with Gasteiger partial charge in [0.15, 0.2) is 12.6 Å². The topological polar surface area (TPSA) is 95.9 Å². The van der Waals surface area contributed by atoms with Gasteiger partial charge in [0.05, 0.1) is 6.10 Å². The number of rotatable bonds is 6. The lowest BCUT2D eigenvalue weighted by Crippen LogP contribution is -2.49. The fourth-order valence-electron chi connectivity index (χ4n) is 1.46. The van der Waals surface area contributed by atoms with Crippen LogP contribution in [0.4, 0.5) is 0 Å². The van der Waals surface area contributed by atoms with E-state index in [1.54, 1.807) is 25.1 Å². The molecule has 0 aliphatic rings. The zero-order valence-corrected chi connectivity index (χ0v) is 11.8. The molecule has 0 saturated carbocycles. The van der Waals surface area contributed by atoms with E-state index in [-0.39, 0.29) is 6.61 Å². The lowest BCUT2D eigenvalue weighted by Gasteiger charge is -2.17. The maximum Gasteiger partial charge on any atom is 0.328 e. The number of carbonyl (C=O) groups is 2. The van der Waals surface area contributed by atoms with Crippen LogP contribution in [0.3, 0.4) is 0 Å². The van der Waals surface area contributed by atoms with Crippen LogP contribution >= 0.6 is 11.6 Å². The number of nitrogens with one attached hydrogen (secondary N) is 1. The number of hydrogen-bond donors (Lipinski definition) is 3. The molecule has 0 radical (unpaired) electrons. The molecule has 0 heterocycles. The molecule has 0 aliphatic heterocycles. The lowest BCUT2D eigenvalue weighted by molar-refractivity contribution is -0.145. The van der Waals surface area contributed by atoms with Crippen LogP contribution in [-0.2, 0) is 9.59 Å². The van der Waals surface area contributed by atoms with Gasteiger partial charge in [-0.2, -0.15) is 0 Å². The highest BCUT2D eigenvalue weighted by Gasteiger charge is 2.24. The Morgan fingerprint density at radius 1 is 1.45 bits per heavy atom. The molecule has 110 valence electrons. The van der Waals surface area contributed by atoms with E-state index in [1.807, 2.05) is 0 Å². The number of halogens is 1. The van der Waals surface area contributed by atoms with Gasteiger partial charge in [-0.25, -0.2) is 4.79 Å². The fraction of sp³-hybridized carbons (Fsp3) is 0.385. The average molecular weight is 302 g/mol. The van der Waals surface area contributed by atoms with Gasteiger partial charge in [-0.05, 0) is 37.6 Å². The molecule has 1 amide bonds. The van der Waals surface area contributed by atoms with E-state index in [1.165, 1.54) is 6.92 Å². The van der Waals surface area contributed by atoms with Crippen LogP contribution in [0.5, 0.6) is 5.75 Å². The molecule has 2 atom stereocenters. The minimum Gasteiger partial charge on any atom is -0.484 e. The number of aliphatic hydroxyl groups excluding tert-OH is 1. The highest BCUT2D eigenvalue weighted by atomic mass is 35.5. The van der Waals surface area contributed by atoms with E-state index in [9.17, 15) is 14.7 Å². The SMILES string of the molecule is Cc1cc(OCC(=O)N[C@H](C(=O)O)[C@@H](C)O)ccc1Cl. The van der Waals surface area contributed by atoms with Crippen molar-refractivity contribution in [3.05, 3.63) is 28.8 Å². The molecule has 0 aliphatic carbocycles. The van der Waals surface area contributed by atoms with Crippen molar-refractivity contribution in [1.29, 1.82) is 0 Å². The van der Waals surface area contributed by atoms with E-state index in [2.05, 4.69) is 5.32 Å². The van der Waals surface area contributed by atoms with Crippen LogP contribution in [0, 0.1) is 6.92 Å². The number of aryl methyl sites for hydroxylation is 1. The van der Waals surface area contributed by atoms with Gasteiger partial charge < -0.3 is 20.3 Å². The smallest absolute Gasteiger partial charge is 0.328 e. The Balaban J connectivity index is 2.54. The Labute approximate surface area is 121 Å². The van der Waals surface area contributed by atoms with E-state index in [4.69, 9.17) is 21.4 Å². The van der Waals surface area contributed by atoms with Crippen LogP contribution in [0.1, 0.15) is 12.5 Å². The van der Waals surface area contributed by atoms with Crippen molar-refractivity contribution >= 4 is 23.5 Å². The van der Waals surface area contributed by atoms with Crippen molar-refractivity contribution in [2.24, 2.45) is 0 Å². The number of carbonyl (C=O) groups excluding carboxylic acids is 1. The number of aliphatic hydroxyl groups is 1. The third kappa shape index (κ3) is 4.71. The quantitative estimate of drug-likeness (QED) is 0.728. The molecule has 1 aromatic rings. The Morgan fingerprint density at radius 2 is 2.10 bits per heavy atom. The molecular weight excluding hydrogens is 286 g/mol. The summed E-state index contributed by atoms with van der Waals surface area (Å²) in [6.45, 7) is 2.73. The number of carboxylic acid groups (broad SMARTS) is 1. The summed E-state index contributed by atoms with van der Waals surface area (Å²) in [7, 11) is 0. The van der Waals surface area contributed by atoms with Crippen molar-refractivity contribution in [3.8, 4) is 5.75 Å². The van der Waals surface area contributed by atoms with Gasteiger partial charge in [0.25, 0.3) is 5.91 Å². The summed E-state index contributed by atoms with van der Waals surface area (Å²) in [5.41, 5.74) is 0.803. The van der Waals surface area contributed by atoms with Crippen LogP contribution in [0.15, 0.2) is 18.2 Å². The van der Waals surface area contributed by atoms with E-state index in [0.717, 1.165) is 5.56 Å². The van der Waals surface area contributed by atoms with E-state index < -0.39 is 24.0 Å². The van der Waals surface area contributed by atoms with Gasteiger partial charge in [0, 0.05) is 5.02 Å². The third-order valence-electron chi connectivity index (χ3n) is 2.56. The predicted molar refractivity (Wildman–Crippen MR) is 72.9 cm³/mol. The highest BCUT2D eigenvalue weighted by molar-refractivity contribution is 6.31. The van der Waals surface area contributed by atoms with Crippen molar-refractivity contribution in [2.45, 2.75) is 26.0 Å². The second-order valence-electron chi connectivity index (χ2n) is 4.32. The zero-order chi connectivity index (χ0) is 15.3.